The second-order valence-electron chi connectivity index (χ2n) is 3.32. The molecule has 91 valence electrons. The van der Waals surface area contributed by atoms with Gasteiger partial charge in [0.05, 0.1) is 13.7 Å². The summed E-state index contributed by atoms with van der Waals surface area (Å²) >= 11 is 1.44. The highest BCUT2D eigenvalue weighted by Crippen LogP contribution is 2.32. The van der Waals surface area contributed by atoms with Gasteiger partial charge in [-0.25, -0.2) is 0 Å². The average Bonchev–Trinajstić information content (AvgIpc) is 2.59. The van der Waals surface area contributed by atoms with Crippen molar-refractivity contribution in [1.29, 1.82) is 0 Å². The number of ether oxygens (including phenoxy) is 2. The van der Waals surface area contributed by atoms with Gasteiger partial charge in [-0.1, -0.05) is 0 Å². The molecule has 2 nitrogen and oxygen atoms in total. The second kappa shape index (κ2) is 4.54. The fourth-order valence-electron chi connectivity index (χ4n) is 1.48. The summed E-state index contributed by atoms with van der Waals surface area (Å²) in [6.45, 7) is 0.259. The van der Waals surface area contributed by atoms with Gasteiger partial charge >= 0.3 is 6.36 Å². The maximum absolute atomic E-state index is 12.1. The van der Waals surface area contributed by atoms with Crippen LogP contribution in [0.25, 0.3) is 10.1 Å². The minimum absolute atomic E-state index is 0.228. The van der Waals surface area contributed by atoms with Crippen LogP contribution in [-0.4, -0.2) is 6.36 Å². The van der Waals surface area contributed by atoms with Gasteiger partial charge in [-0.2, -0.15) is 0 Å². The van der Waals surface area contributed by atoms with Gasteiger partial charge < -0.3 is 9.47 Å². The zero-order valence-corrected chi connectivity index (χ0v) is 9.40. The maximum Gasteiger partial charge on any atom is 0.573 e. The van der Waals surface area contributed by atoms with E-state index < -0.39 is 6.36 Å². The van der Waals surface area contributed by atoms with Crippen molar-refractivity contribution in [2.45, 2.75) is 13.0 Å². The molecule has 0 aliphatic rings. The summed E-state index contributed by atoms with van der Waals surface area (Å²) in [6.07, 6.45) is -4.67. The monoisotopic (exact) mass is 261 g/mol. The van der Waals surface area contributed by atoms with E-state index in [0.29, 0.717) is 5.39 Å². The van der Waals surface area contributed by atoms with Crippen LogP contribution in [0.15, 0.2) is 23.6 Å². The lowest BCUT2D eigenvalue weighted by Gasteiger charge is -2.08. The smallest absolute Gasteiger partial charge is 0.406 e. The molecule has 0 bridgehead atoms. The van der Waals surface area contributed by atoms with Crippen LogP contribution in [0.3, 0.4) is 0 Å². The number of thiophene rings is 1. The lowest BCUT2D eigenvalue weighted by Crippen LogP contribution is -2.16. The Kier molecular flexibility index (Phi) is 3.26. The highest BCUT2D eigenvalue weighted by atomic mass is 32.1. The van der Waals surface area contributed by atoms with Crippen molar-refractivity contribution in [3.05, 3.63) is 36.3 Å². The molecule has 0 atom stereocenters. The van der Waals surface area contributed by atoms with E-state index in [1.807, 2.05) is 5.38 Å². The van der Waals surface area contributed by atoms with Crippen molar-refractivity contribution in [1.82, 2.24) is 0 Å². The third-order valence-electron chi connectivity index (χ3n) is 2.12. The van der Waals surface area contributed by atoms with Gasteiger partial charge in [-0.05, 0) is 29.1 Å². The number of rotatable bonds is 3. The normalized spacial score (nSPS) is 12.0. The van der Waals surface area contributed by atoms with Crippen LogP contribution < -0.4 is 4.74 Å². The first-order valence-electron chi connectivity index (χ1n) is 4.62. The Labute approximate surface area is 99.6 Å². The van der Waals surface area contributed by atoms with Gasteiger partial charge in [0.2, 0.25) is 0 Å². The minimum atomic E-state index is -4.67. The van der Waals surface area contributed by atoms with E-state index in [2.05, 4.69) is 11.8 Å². The first-order valence-corrected chi connectivity index (χ1v) is 5.50. The Balaban J connectivity index is 2.37. The molecule has 2 aromatic rings. The average molecular weight is 261 g/mol. The van der Waals surface area contributed by atoms with Gasteiger partial charge in [0.15, 0.2) is 0 Å². The van der Waals surface area contributed by atoms with Crippen molar-refractivity contribution in [2.75, 3.05) is 0 Å². The lowest BCUT2D eigenvalue weighted by atomic mass is 10.2. The third kappa shape index (κ3) is 2.89. The van der Waals surface area contributed by atoms with Crippen molar-refractivity contribution in [3.8, 4) is 5.75 Å². The Morgan fingerprint density at radius 2 is 2.06 bits per heavy atom. The molecule has 6 heteroatoms. The topological polar surface area (TPSA) is 18.5 Å². The molecule has 0 spiro atoms. The number of fused-ring (bicyclic) bond motifs is 1. The molecule has 1 heterocycles. The molecule has 0 aliphatic carbocycles. The van der Waals surface area contributed by atoms with Gasteiger partial charge in [0, 0.05) is 10.1 Å². The quantitative estimate of drug-likeness (QED) is 0.827. The van der Waals surface area contributed by atoms with E-state index in [0.717, 1.165) is 10.3 Å². The molecule has 1 radical (unpaired) electrons. The van der Waals surface area contributed by atoms with E-state index in [4.69, 9.17) is 4.74 Å². The highest BCUT2D eigenvalue weighted by molar-refractivity contribution is 7.17. The number of hydrogen-bond donors (Lipinski definition) is 0. The number of hydrogen-bond acceptors (Lipinski definition) is 3. The predicted molar refractivity (Wildman–Crippen MR) is 58.7 cm³/mol. The Morgan fingerprint density at radius 3 is 2.71 bits per heavy atom. The zero-order valence-electron chi connectivity index (χ0n) is 8.58. The molecule has 0 amide bonds. The van der Waals surface area contributed by atoms with Crippen molar-refractivity contribution < 1.29 is 22.6 Å². The number of alkyl halides is 3. The fourth-order valence-corrected chi connectivity index (χ4v) is 2.41. The van der Waals surface area contributed by atoms with Crippen LogP contribution in [0.1, 0.15) is 5.56 Å². The van der Waals surface area contributed by atoms with Crippen LogP contribution in [0.2, 0.25) is 0 Å². The summed E-state index contributed by atoms with van der Waals surface area (Å²) in [7, 11) is 3.24. The van der Waals surface area contributed by atoms with Crippen LogP contribution >= 0.6 is 11.3 Å². The van der Waals surface area contributed by atoms with E-state index in [9.17, 15) is 13.2 Å². The summed E-state index contributed by atoms with van der Waals surface area (Å²) < 4.78 is 45.7. The van der Waals surface area contributed by atoms with Crippen molar-refractivity contribution in [3.63, 3.8) is 0 Å². The zero-order chi connectivity index (χ0) is 12.5. The van der Waals surface area contributed by atoms with Gasteiger partial charge in [0.25, 0.3) is 0 Å². The fraction of sp³-hybridized carbons (Fsp3) is 0.182. The Bertz CT molecular complexity index is 519. The molecule has 0 N–H and O–H groups in total. The summed E-state index contributed by atoms with van der Waals surface area (Å²) in [5, 5.41) is 2.52. The molecule has 1 aromatic carbocycles. The second-order valence-corrected chi connectivity index (χ2v) is 4.23. The summed E-state index contributed by atoms with van der Waals surface area (Å²) in [5.74, 6) is -0.228. The standard InChI is InChI=1S/C11H8F3O2S/c1-15-5-7-6-17-10-3-2-8(4-9(7)10)16-11(12,13)14/h2-4,6H,1,5H2. The van der Waals surface area contributed by atoms with Crippen LogP contribution in [0, 0.1) is 7.11 Å². The highest BCUT2D eigenvalue weighted by Gasteiger charge is 2.31. The van der Waals surface area contributed by atoms with Gasteiger partial charge in [-0.3, -0.25) is 0 Å². The van der Waals surface area contributed by atoms with Crippen LogP contribution in [0.5, 0.6) is 5.75 Å². The van der Waals surface area contributed by atoms with E-state index in [1.165, 1.54) is 23.5 Å². The van der Waals surface area contributed by atoms with E-state index >= 15 is 0 Å². The largest absolute Gasteiger partial charge is 0.573 e. The van der Waals surface area contributed by atoms with Crippen molar-refractivity contribution in [2.24, 2.45) is 0 Å². The third-order valence-corrected chi connectivity index (χ3v) is 3.13. The summed E-state index contributed by atoms with van der Waals surface area (Å²) in [4.78, 5) is 0. The van der Waals surface area contributed by atoms with E-state index in [1.54, 1.807) is 6.07 Å². The molecule has 0 aliphatic heterocycles. The molecule has 0 unspecified atom stereocenters. The van der Waals surface area contributed by atoms with Crippen LogP contribution in [0.4, 0.5) is 13.2 Å². The first-order chi connectivity index (χ1) is 7.99. The predicted octanol–water partition coefficient (Wildman–Crippen LogP) is 4.11. The Morgan fingerprint density at radius 1 is 1.29 bits per heavy atom. The van der Waals surface area contributed by atoms with Gasteiger partial charge in [-0.15, -0.1) is 24.5 Å². The molecular weight excluding hydrogens is 253 g/mol. The number of benzene rings is 1. The molecule has 2 rings (SSSR count). The molecule has 0 saturated carbocycles. The lowest BCUT2D eigenvalue weighted by molar-refractivity contribution is -0.274. The number of halogens is 3. The molecule has 17 heavy (non-hydrogen) atoms. The molecule has 0 saturated heterocycles. The molecule has 0 fully saturated rings. The molecular formula is C11H8F3O2S. The summed E-state index contributed by atoms with van der Waals surface area (Å²) in [6, 6.07) is 4.24. The minimum Gasteiger partial charge on any atom is -0.406 e. The SMILES string of the molecule is [CH2]OCc1csc2ccc(OC(F)(F)F)cc12. The van der Waals surface area contributed by atoms with Gasteiger partial charge in [0.1, 0.15) is 5.75 Å². The molecule has 1 aromatic heterocycles. The van der Waals surface area contributed by atoms with E-state index in [-0.39, 0.29) is 12.4 Å². The Hall–Kier alpha value is -1.27. The van der Waals surface area contributed by atoms with Crippen LogP contribution in [-0.2, 0) is 11.3 Å². The summed E-state index contributed by atoms with van der Waals surface area (Å²) in [5.41, 5.74) is 0.799. The maximum atomic E-state index is 12.1. The first kappa shape index (κ1) is 12.2. The van der Waals surface area contributed by atoms with Crippen molar-refractivity contribution >= 4 is 21.4 Å².